The summed E-state index contributed by atoms with van der Waals surface area (Å²) in [5.74, 6) is 1.71. The number of hydrogen-bond acceptors (Lipinski definition) is 5. The zero-order chi connectivity index (χ0) is 16.9. The molecule has 6 nitrogen and oxygen atoms in total. The topological polar surface area (TPSA) is 80.6 Å². The van der Waals surface area contributed by atoms with E-state index in [-0.39, 0.29) is 12.7 Å². The molecule has 2 aromatic rings. The Hall–Kier alpha value is -3.20. The molecule has 0 unspecified atom stereocenters. The van der Waals surface area contributed by atoms with E-state index >= 15 is 0 Å². The van der Waals surface area contributed by atoms with Gasteiger partial charge in [0.25, 0.3) is 5.91 Å². The van der Waals surface area contributed by atoms with Crippen molar-refractivity contribution in [3.05, 3.63) is 53.6 Å². The number of hydrogen-bond donors (Lipinski definition) is 1. The van der Waals surface area contributed by atoms with Crippen LogP contribution in [-0.2, 0) is 11.3 Å². The number of amides is 1. The summed E-state index contributed by atoms with van der Waals surface area (Å²) in [5.41, 5.74) is 1.46. The molecule has 1 aliphatic heterocycles. The first-order chi connectivity index (χ1) is 11.7. The van der Waals surface area contributed by atoms with Gasteiger partial charge in [0, 0.05) is 6.54 Å². The predicted octanol–water partition coefficient (Wildman–Crippen LogP) is 2.37. The van der Waals surface area contributed by atoms with E-state index in [1.807, 2.05) is 24.3 Å². The Morgan fingerprint density at radius 2 is 2.00 bits per heavy atom. The maximum absolute atomic E-state index is 12.1. The van der Waals surface area contributed by atoms with Crippen molar-refractivity contribution < 1.29 is 19.0 Å². The summed E-state index contributed by atoms with van der Waals surface area (Å²) in [7, 11) is 0. The van der Waals surface area contributed by atoms with Crippen LogP contribution in [0.25, 0.3) is 0 Å². The fraction of sp³-hybridized carbons (Fsp3) is 0.222. The standard InChI is InChI=1S/C18H16N2O4/c1-12(24-15-5-2-13(9-19)3-6-15)18(21)20-10-14-4-7-16-17(8-14)23-11-22-16/h2-8,12H,10-11H2,1H3,(H,20,21)/t12-/m0/s1. The highest BCUT2D eigenvalue weighted by atomic mass is 16.7. The van der Waals surface area contributed by atoms with Crippen LogP contribution in [-0.4, -0.2) is 18.8 Å². The molecule has 0 bridgehead atoms. The maximum atomic E-state index is 12.1. The largest absolute Gasteiger partial charge is 0.481 e. The van der Waals surface area contributed by atoms with Crippen LogP contribution >= 0.6 is 0 Å². The van der Waals surface area contributed by atoms with Gasteiger partial charge in [0.15, 0.2) is 17.6 Å². The van der Waals surface area contributed by atoms with Gasteiger partial charge in [-0.25, -0.2) is 0 Å². The molecule has 24 heavy (non-hydrogen) atoms. The van der Waals surface area contributed by atoms with E-state index in [2.05, 4.69) is 5.32 Å². The lowest BCUT2D eigenvalue weighted by molar-refractivity contribution is -0.127. The molecule has 1 heterocycles. The van der Waals surface area contributed by atoms with Gasteiger partial charge in [-0.15, -0.1) is 0 Å². The molecule has 122 valence electrons. The number of nitrogens with zero attached hydrogens (tertiary/aromatic N) is 1. The monoisotopic (exact) mass is 324 g/mol. The molecule has 0 radical (unpaired) electrons. The molecule has 0 fully saturated rings. The fourth-order valence-electron chi connectivity index (χ4n) is 2.25. The Kier molecular flexibility index (Phi) is 4.52. The van der Waals surface area contributed by atoms with Crippen molar-refractivity contribution in [2.45, 2.75) is 19.6 Å². The fourth-order valence-corrected chi connectivity index (χ4v) is 2.25. The molecule has 2 aromatic carbocycles. The third kappa shape index (κ3) is 3.58. The van der Waals surface area contributed by atoms with E-state index in [9.17, 15) is 4.79 Å². The van der Waals surface area contributed by atoms with Crippen molar-refractivity contribution in [2.75, 3.05) is 6.79 Å². The summed E-state index contributed by atoms with van der Waals surface area (Å²) in [4.78, 5) is 12.1. The van der Waals surface area contributed by atoms with Gasteiger partial charge >= 0.3 is 0 Å². The van der Waals surface area contributed by atoms with Crippen molar-refractivity contribution in [3.8, 4) is 23.3 Å². The number of nitrogens with one attached hydrogen (secondary N) is 1. The first kappa shape index (κ1) is 15.7. The summed E-state index contributed by atoms with van der Waals surface area (Å²) < 4.78 is 16.1. The van der Waals surface area contributed by atoms with Crippen molar-refractivity contribution in [2.24, 2.45) is 0 Å². The lowest BCUT2D eigenvalue weighted by Gasteiger charge is -2.15. The van der Waals surface area contributed by atoms with E-state index < -0.39 is 6.10 Å². The molecule has 0 spiro atoms. The molecule has 1 amide bonds. The quantitative estimate of drug-likeness (QED) is 0.913. The van der Waals surface area contributed by atoms with Gasteiger partial charge in [0.2, 0.25) is 6.79 Å². The Balaban J connectivity index is 1.53. The van der Waals surface area contributed by atoms with E-state index in [0.717, 1.165) is 5.56 Å². The number of ether oxygens (including phenoxy) is 3. The minimum Gasteiger partial charge on any atom is -0.481 e. The summed E-state index contributed by atoms with van der Waals surface area (Å²) in [5, 5.41) is 11.6. The number of fused-ring (bicyclic) bond motifs is 1. The number of benzene rings is 2. The third-order valence-corrected chi connectivity index (χ3v) is 3.57. The van der Waals surface area contributed by atoms with Crippen LogP contribution in [0.2, 0.25) is 0 Å². The molecule has 1 N–H and O–H groups in total. The first-order valence-electron chi connectivity index (χ1n) is 7.49. The number of rotatable bonds is 5. The van der Waals surface area contributed by atoms with Crippen LogP contribution in [0.15, 0.2) is 42.5 Å². The molecular weight excluding hydrogens is 308 g/mol. The molecule has 6 heteroatoms. The number of nitriles is 1. The second-order valence-corrected chi connectivity index (χ2v) is 5.30. The molecule has 0 saturated carbocycles. The van der Waals surface area contributed by atoms with E-state index in [1.54, 1.807) is 31.2 Å². The van der Waals surface area contributed by atoms with Crippen molar-refractivity contribution >= 4 is 5.91 Å². The van der Waals surface area contributed by atoms with E-state index in [4.69, 9.17) is 19.5 Å². The lowest BCUT2D eigenvalue weighted by Crippen LogP contribution is -2.35. The highest BCUT2D eigenvalue weighted by molar-refractivity contribution is 5.80. The highest BCUT2D eigenvalue weighted by Gasteiger charge is 2.16. The molecule has 3 rings (SSSR count). The second-order valence-electron chi connectivity index (χ2n) is 5.30. The van der Waals surface area contributed by atoms with Crippen LogP contribution < -0.4 is 19.5 Å². The van der Waals surface area contributed by atoms with Gasteiger partial charge in [-0.05, 0) is 48.9 Å². The molecule has 0 aliphatic carbocycles. The van der Waals surface area contributed by atoms with Gasteiger partial charge in [0.05, 0.1) is 11.6 Å². The summed E-state index contributed by atoms with van der Waals surface area (Å²) in [6.45, 7) is 2.27. The molecule has 1 atom stereocenters. The van der Waals surface area contributed by atoms with Crippen LogP contribution in [0.5, 0.6) is 17.2 Å². The van der Waals surface area contributed by atoms with E-state index in [1.165, 1.54) is 0 Å². The molecule has 0 saturated heterocycles. The Labute approximate surface area is 139 Å². The van der Waals surface area contributed by atoms with Crippen LogP contribution in [0.1, 0.15) is 18.1 Å². The molecular formula is C18H16N2O4. The Morgan fingerprint density at radius 1 is 1.25 bits per heavy atom. The van der Waals surface area contributed by atoms with Crippen LogP contribution in [0.3, 0.4) is 0 Å². The average molecular weight is 324 g/mol. The minimum absolute atomic E-state index is 0.223. The van der Waals surface area contributed by atoms with Gasteiger partial charge in [-0.1, -0.05) is 6.07 Å². The lowest BCUT2D eigenvalue weighted by atomic mass is 10.2. The van der Waals surface area contributed by atoms with Crippen LogP contribution in [0.4, 0.5) is 0 Å². The molecule has 0 aromatic heterocycles. The normalized spacial score (nSPS) is 13.0. The number of carbonyl (C=O) groups is 1. The third-order valence-electron chi connectivity index (χ3n) is 3.57. The van der Waals surface area contributed by atoms with Gasteiger partial charge in [-0.2, -0.15) is 5.26 Å². The maximum Gasteiger partial charge on any atom is 0.261 e. The van der Waals surface area contributed by atoms with Gasteiger partial charge in [-0.3, -0.25) is 4.79 Å². The summed E-state index contributed by atoms with van der Waals surface area (Å²) in [6.07, 6.45) is -0.646. The van der Waals surface area contributed by atoms with Crippen LogP contribution in [0, 0.1) is 11.3 Å². The first-order valence-corrected chi connectivity index (χ1v) is 7.49. The SMILES string of the molecule is C[C@H](Oc1ccc(C#N)cc1)C(=O)NCc1ccc2c(c1)OCO2. The number of carbonyl (C=O) groups excluding carboxylic acids is 1. The van der Waals surface area contributed by atoms with Gasteiger partial charge < -0.3 is 19.5 Å². The van der Waals surface area contributed by atoms with Crippen molar-refractivity contribution in [3.63, 3.8) is 0 Å². The average Bonchev–Trinajstić information content (AvgIpc) is 3.08. The Morgan fingerprint density at radius 3 is 2.75 bits per heavy atom. The smallest absolute Gasteiger partial charge is 0.261 e. The second kappa shape index (κ2) is 6.92. The zero-order valence-electron chi connectivity index (χ0n) is 13.1. The minimum atomic E-state index is -0.646. The van der Waals surface area contributed by atoms with Gasteiger partial charge in [0.1, 0.15) is 5.75 Å². The zero-order valence-corrected chi connectivity index (χ0v) is 13.1. The summed E-state index contributed by atoms with van der Waals surface area (Å²) in [6, 6.07) is 14.2. The predicted molar refractivity (Wildman–Crippen MR) is 85.7 cm³/mol. The highest BCUT2D eigenvalue weighted by Crippen LogP contribution is 2.32. The van der Waals surface area contributed by atoms with Crippen molar-refractivity contribution in [1.82, 2.24) is 5.32 Å². The Bertz CT molecular complexity index is 781. The summed E-state index contributed by atoms with van der Waals surface area (Å²) >= 11 is 0. The van der Waals surface area contributed by atoms with E-state index in [0.29, 0.717) is 29.4 Å². The molecule has 1 aliphatic rings. The van der Waals surface area contributed by atoms with Crippen molar-refractivity contribution in [1.29, 1.82) is 5.26 Å².